The van der Waals surface area contributed by atoms with E-state index in [1.165, 1.54) is 0 Å². The van der Waals surface area contributed by atoms with Gasteiger partial charge in [-0.25, -0.2) is 0 Å². The Bertz CT molecular complexity index is 342. The van der Waals surface area contributed by atoms with Crippen LogP contribution in [0, 0.1) is 10.8 Å². The molecule has 2 nitrogen and oxygen atoms in total. The molecule has 1 aliphatic carbocycles. The van der Waals surface area contributed by atoms with Gasteiger partial charge in [-0.05, 0) is 19.3 Å². The predicted octanol–water partition coefficient (Wildman–Crippen LogP) is 2.88. The van der Waals surface area contributed by atoms with Gasteiger partial charge in [0.15, 0.2) is 0 Å². The second-order valence-electron chi connectivity index (χ2n) is 5.97. The number of rotatable bonds is 2. The highest BCUT2D eigenvalue weighted by Gasteiger charge is 2.52. The molecule has 0 spiro atoms. The van der Waals surface area contributed by atoms with Gasteiger partial charge >= 0.3 is 0 Å². The summed E-state index contributed by atoms with van der Waals surface area (Å²) in [7, 11) is 0. The van der Waals surface area contributed by atoms with E-state index in [9.17, 15) is 9.90 Å². The monoisotopic (exact) mass is 222 g/mol. The third-order valence-electron chi connectivity index (χ3n) is 3.68. The molecular weight excluding hydrogens is 200 g/mol. The van der Waals surface area contributed by atoms with Crippen LogP contribution in [0.5, 0.6) is 0 Å². The third-order valence-corrected chi connectivity index (χ3v) is 3.68. The van der Waals surface area contributed by atoms with Crippen molar-refractivity contribution in [3.63, 3.8) is 0 Å². The summed E-state index contributed by atoms with van der Waals surface area (Å²) < 4.78 is 0. The van der Waals surface area contributed by atoms with Crippen molar-refractivity contribution >= 4 is 5.78 Å². The molecule has 0 aliphatic heterocycles. The normalized spacial score (nSPS) is 34.1. The van der Waals surface area contributed by atoms with Crippen molar-refractivity contribution in [2.75, 3.05) is 0 Å². The van der Waals surface area contributed by atoms with Crippen molar-refractivity contribution < 1.29 is 9.90 Å². The zero-order chi connectivity index (χ0) is 12.6. The molecule has 0 aromatic rings. The van der Waals surface area contributed by atoms with Crippen LogP contribution < -0.4 is 0 Å². The van der Waals surface area contributed by atoms with Crippen molar-refractivity contribution in [2.45, 2.75) is 46.6 Å². The van der Waals surface area contributed by atoms with Crippen molar-refractivity contribution in [3.8, 4) is 0 Å². The van der Waals surface area contributed by atoms with E-state index in [0.717, 1.165) is 0 Å². The molecule has 90 valence electrons. The Hall–Kier alpha value is -0.890. The fourth-order valence-corrected chi connectivity index (χ4v) is 2.69. The van der Waals surface area contributed by atoms with Crippen LogP contribution in [-0.2, 0) is 4.79 Å². The summed E-state index contributed by atoms with van der Waals surface area (Å²) >= 11 is 0. The summed E-state index contributed by atoms with van der Waals surface area (Å²) in [6.07, 6.45) is 7.89. The molecule has 2 unspecified atom stereocenters. The number of aliphatic hydroxyl groups is 1. The SMILES string of the molecule is CC(=O)CC1(C(C)(C)C)C=CC=CC1(C)O. The van der Waals surface area contributed by atoms with Crippen LogP contribution in [0.2, 0.25) is 0 Å². The predicted molar refractivity (Wildman–Crippen MR) is 66.1 cm³/mol. The lowest BCUT2D eigenvalue weighted by Gasteiger charge is -2.51. The van der Waals surface area contributed by atoms with E-state index in [0.29, 0.717) is 6.42 Å². The summed E-state index contributed by atoms with van der Waals surface area (Å²) in [5, 5.41) is 10.6. The van der Waals surface area contributed by atoms with Crippen LogP contribution in [0.4, 0.5) is 0 Å². The van der Waals surface area contributed by atoms with Crippen molar-refractivity contribution in [1.29, 1.82) is 0 Å². The number of hydrogen-bond donors (Lipinski definition) is 1. The van der Waals surface area contributed by atoms with E-state index >= 15 is 0 Å². The molecule has 0 aromatic heterocycles. The molecule has 0 saturated carbocycles. The van der Waals surface area contributed by atoms with Crippen LogP contribution in [0.15, 0.2) is 24.3 Å². The van der Waals surface area contributed by atoms with Gasteiger partial charge in [-0.2, -0.15) is 0 Å². The van der Waals surface area contributed by atoms with Gasteiger partial charge in [0.25, 0.3) is 0 Å². The highest BCUT2D eigenvalue weighted by Crippen LogP contribution is 2.52. The zero-order valence-corrected chi connectivity index (χ0v) is 10.9. The van der Waals surface area contributed by atoms with Gasteiger partial charge in [0.2, 0.25) is 0 Å². The highest BCUT2D eigenvalue weighted by atomic mass is 16.3. The van der Waals surface area contributed by atoms with E-state index in [1.807, 2.05) is 18.2 Å². The number of hydrogen-bond acceptors (Lipinski definition) is 2. The van der Waals surface area contributed by atoms with Gasteiger partial charge in [0, 0.05) is 11.8 Å². The zero-order valence-electron chi connectivity index (χ0n) is 10.9. The number of ketones is 1. The van der Waals surface area contributed by atoms with Crippen LogP contribution in [0.3, 0.4) is 0 Å². The van der Waals surface area contributed by atoms with E-state index < -0.39 is 11.0 Å². The molecule has 16 heavy (non-hydrogen) atoms. The number of carbonyl (C=O) groups is 1. The maximum absolute atomic E-state index is 11.5. The molecule has 0 radical (unpaired) electrons. The Morgan fingerprint density at radius 3 is 2.12 bits per heavy atom. The Morgan fingerprint density at radius 2 is 1.75 bits per heavy atom. The molecule has 2 atom stereocenters. The first-order valence-corrected chi connectivity index (χ1v) is 5.71. The second kappa shape index (κ2) is 3.85. The summed E-state index contributed by atoms with van der Waals surface area (Å²) in [6, 6.07) is 0. The standard InChI is InChI=1S/C14H22O2/c1-11(15)10-14(12(2,3)4)9-7-6-8-13(14,5)16/h6-9,16H,10H2,1-5H3. The maximum atomic E-state index is 11.5. The van der Waals surface area contributed by atoms with Crippen molar-refractivity contribution in [1.82, 2.24) is 0 Å². The Kier molecular flexibility index (Phi) is 3.17. The third kappa shape index (κ3) is 1.99. The molecule has 1 rings (SSSR count). The molecule has 2 heteroatoms. The van der Waals surface area contributed by atoms with E-state index in [4.69, 9.17) is 0 Å². The fraction of sp³-hybridized carbons (Fsp3) is 0.643. The van der Waals surface area contributed by atoms with Gasteiger partial charge in [0.05, 0.1) is 5.60 Å². The van der Waals surface area contributed by atoms with E-state index in [-0.39, 0.29) is 11.2 Å². The largest absolute Gasteiger partial charge is 0.385 e. The Labute approximate surface area is 98.1 Å². The molecule has 1 N–H and O–H groups in total. The van der Waals surface area contributed by atoms with Crippen LogP contribution >= 0.6 is 0 Å². The van der Waals surface area contributed by atoms with Gasteiger partial charge in [-0.3, -0.25) is 4.79 Å². The van der Waals surface area contributed by atoms with Crippen LogP contribution in [-0.4, -0.2) is 16.5 Å². The number of allylic oxidation sites excluding steroid dienone is 2. The average molecular weight is 222 g/mol. The molecule has 0 saturated heterocycles. The van der Waals surface area contributed by atoms with Crippen molar-refractivity contribution in [2.24, 2.45) is 10.8 Å². The summed E-state index contributed by atoms with van der Waals surface area (Å²) in [5.41, 5.74) is -1.68. The lowest BCUT2D eigenvalue weighted by atomic mass is 9.54. The minimum absolute atomic E-state index is 0.107. The highest BCUT2D eigenvalue weighted by molar-refractivity contribution is 5.77. The van der Waals surface area contributed by atoms with Crippen LogP contribution in [0.1, 0.15) is 41.0 Å². The number of Topliss-reactive ketones (excluding diaryl/α,β-unsaturated/α-hetero) is 1. The first-order valence-electron chi connectivity index (χ1n) is 5.71. The van der Waals surface area contributed by atoms with Crippen molar-refractivity contribution in [3.05, 3.63) is 24.3 Å². The molecule has 0 aromatic carbocycles. The molecule has 0 bridgehead atoms. The smallest absolute Gasteiger partial charge is 0.130 e. The minimum Gasteiger partial charge on any atom is -0.385 e. The Morgan fingerprint density at radius 1 is 1.25 bits per heavy atom. The fourth-order valence-electron chi connectivity index (χ4n) is 2.69. The first kappa shape index (κ1) is 13.2. The molecule has 0 fully saturated rings. The summed E-state index contributed by atoms with van der Waals surface area (Å²) in [5.74, 6) is 0.107. The molecule has 0 amide bonds. The van der Waals surface area contributed by atoms with Gasteiger partial charge in [0.1, 0.15) is 5.78 Å². The topological polar surface area (TPSA) is 37.3 Å². The number of carbonyl (C=O) groups excluding carboxylic acids is 1. The van der Waals surface area contributed by atoms with Gasteiger partial charge in [-0.1, -0.05) is 45.1 Å². The second-order valence-corrected chi connectivity index (χ2v) is 5.97. The lowest BCUT2D eigenvalue weighted by Crippen LogP contribution is -2.53. The van der Waals surface area contributed by atoms with Crippen LogP contribution in [0.25, 0.3) is 0 Å². The maximum Gasteiger partial charge on any atom is 0.130 e. The van der Waals surface area contributed by atoms with E-state index in [1.54, 1.807) is 19.9 Å². The molecule has 0 heterocycles. The quantitative estimate of drug-likeness (QED) is 0.780. The lowest BCUT2D eigenvalue weighted by molar-refractivity contribution is -0.128. The first-order chi connectivity index (χ1) is 7.12. The summed E-state index contributed by atoms with van der Waals surface area (Å²) in [4.78, 5) is 11.5. The van der Waals surface area contributed by atoms with E-state index in [2.05, 4.69) is 20.8 Å². The Balaban J connectivity index is 3.29. The minimum atomic E-state index is -0.980. The summed E-state index contributed by atoms with van der Waals surface area (Å²) in [6.45, 7) is 9.55. The molecular formula is C14H22O2. The van der Waals surface area contributed by atoms with Gasteiger partial charge in [-0.15, -0.1) is 0 Å². The van der Waals surface area contributed by atoms with Gasteiger partial charge < -0.3 is 5.11 Å². The average Bonchev–Trinajstić information content (AvgIpc) is 2.05. The molecule has 1 aliphatic rings.